The standard InChI is InChI=1S/C25H30F4N2O3/c1-24(2,3)33-16-21(32)14-31(13-17-5-4-6-19(11-17)25(27,28)29)15-22-12-23(30-34-22)18-7-9-20(26)10-8-18/h4-11,21-22,32H,12-16H2,1-3H3. The normalized spacial score (nSPS) is 17.6. The molecule has 34 heavy (non-hydrogen) atoms. The van der Waals surface area contributed by atoms with E-state index in [2.05, 4.69) is 5.16 Å². The Hall–Kier alpha value is -2.49. The largest absolute Gasteiger partial charge is 0.416 e. The fourth-order valence-electron chi connectivity index (χ4n) is 3.63. The SMILES string of the molecule is CC(C)(C)OCC(O)CN(Cc1cccc(C(F)(F)F)c1)CC1CC(c2ccc(F)cc2)=NO1. The van der Waals surface area contributed by atoms with E-state index in [1.807, 2.05) is 25.7 Å². The first kappa shape index (κ1) is 26.1. The number of hydrogen-bond acceptors (Lipinski definition) is 5. The smallest absolute Gasteiger partial charge is 0.390 e. The number of ether oxygens (including phenoxy) is 1. The van der Waals surface area contributed by atoms with Crippen molar-refractivity contribution in [3.05, 3.63) is 71.0 Å². The molecule has 0 saturated heterocycles. The lowest BCUT2D eigenvalue weighted by Crippen LogP contribution is -2.40. The van der Waals surface area contributed by atoms with Crippen LogP contribution in [0.15, 0.2) is 53.7 Å². The van der Waals surface area contributed by atoms with Crippen LogP contribution in [-0.2, 0) is 22.3 Å². The Bertz CT molecular complexity index is 971. The lowest BCUT2D eigenvalue weighted by molar-refractivity contribution is -0.137. The lowest BCUT2D eigenvalue weighted by Gasteiger charge is -2.28. The predicted molar refractivity (Wildman–Crippen MR) is 121 cm³/mol. The molecule has 1 aliphatic rings. The van der Waals surface area contributed by atoms with E-state index >= 15 is 0 Å². The van der Waals surface area contributed by atoms with Gasteiger partial charge in [-0.25, -0.2) is 4.39 Å². The van der Waals surface area contributed by atoms with E-state index in [-0.39, 0.29) is 31.6 Å². The van der Waals surface area contributed by atoms with Crippen LogP contribution in [0.5, 0.6) is 0 Å². The molecule has 2 atom stereocenters. The first-order chi connectivity index (χ1) is 15.9. The number of nitrogens with zero attached hydrogens (tertiary/aromatic N) is 2. The van der Waals surface area contributed by atoms with Crippen LogP contribution in [0, 0.1) is 5.82 Å². The summed E-state index contributed by atoms with van der Waals surface area (Å²) in [4.78, 5) is 7.39. The zero-order chi connectivity index (χ0) is 24.9. The van der Waals surface area contributed by atoms with E-state index in [9.17, 15) is 22.7 Å². The highest BCUT2D eigenvalue weighted by Gasteiger charge is 2.31. The Morgan fingerprint density at radius 1 is 1.15 bits per heavy atom. The molecule has 2 aromatic rings. The van der Waals surface area contributed by atoms with E-state index in [1.54, 1.807) is 18.2 Å². The summed E-state index contributed by atoms with van der Waals surface area (Å²) in [6.45, 7) is 6.41. The molecule has 1 heterocycles. The van der Waals surface area contributed by atoms with Crippen LogP contribution in [0.4, 0.5) is 17.6 Å². The maximum atomic E-state index is 13.2. The first-order valence-electron chi connectivity index (χ1n) is 11.1. The lowest BCUT2D eigenvalue weighted by atomic mass is 10.0. The molecule has 0 aromatic heterocycles. The second-order valence-corrected chi connectivity index (χ2v) is 9.45. The Balaban J connectivity index is 1.68. The van der Waals surface area contributed by atoms with Crippen molar-refractivity contribution in [3.8, 4) is 0 Å². The molecule has 0 saturated carbocycles. The van der Waals surface area contributed by atoms with Gasteiger partial charge in [0.15, 0.2) is 0 Å². The second-order valence-electron chi connectivity index (χ2n) is 9.45. The van der Waals surface area contributed by atoms with Crippen molar-refractivity contribution in [1.82, 2.24) is 4.90 Å². The van der Waals surface area contributed by atoms with Gasteiger partial charge < -0.3 is 14.7 Å². The van der Waals surface area contributed by atoms with Gasteiger partial charge in [-0.05, 0) is 50.1 Å². The predicted octanol–water partition coefficient (Wildman–Crippen LogP) is 5.02. The first-order valence-corrected chi connectivity index (χ1v) is 11.1. The Morgan fingerprint density at radius 3 is 2.50 bits per heavy atom. The molecule has 0 spiro atoms. The molecule has 186 valence electrons. The van der Waals surface area contributed by atoms with Crippen LogP contribution < -0.4 is 0 Å². The minimum atomic E-state index is -4.44. The minimum absolute atomic E-state index is 0.0887. The number of oxime groups is 1. The second kappa shape index (κ2) is 10.8. The van der Waals surface area contributed by atoms with Gasteiger partial charge in [0.1, 0.15) is 11.9 Å². The number of alkyl halides is 3. The average Bonchev–Trinajstić information content (AvgIpc) is 3.20. The van der Waals surface area contributed by atoms with Crippen molar-refractivity contribution in [2.24, 2.45) is 5.16 Å². The maximum Gasteiger partial charge on any atom is 0.416 e. The zero-order valence-electron chi connectivity index (χ0n) is 19.5. The number of benzene rings is 2. The molecule has 0 bridgehead atoms. The number of hydrogen-bond donors (Lipinski definition) is 1. The maximum absolute atomic E-state index is 13.2. The minimum Gasteiger partial charge on any atom is -0.390 e. The van der Waals surface area contributed by atoms with E-state index in [0.717, 1.165) is 17.7 Å². The van der Waals surface area contributed by atoms with Gasteiger partial charge in [0, 0.05) is 26.1 Å². The van der Waals surface area contributed by atoms with E-state index < -0.39 is 23.4 Å². The quantitative estimate of drug-likeness (QED) is 0.511. The Labute approximate surface area is 197 Å². The summed E-state index contributed by atoms with van der Waals surface area (Å²) in [5.74, 6) is -0.349. The monoisotopic (exact) mass is 482 g/mol. The van der Waals surface area contributed by atoms with Gasteiger partial charge in [0.05, 0.1) is 29.6 Å². The summed E-state index contributed by atoms with van der Waals surface area (Å²) in [6.07, 6.45) is -5.18. The van der Waals surface area contributed by atoms with Crippen LogP contribution in [-0.4, -0.2) is 53.2 Å². The molecule has 0 radical (unpaired) electrons. The molecule has 0 fully saturated rings. The van der Waals surface area contributed by atoms with Crippen LogP contribution in [0.1, 0.15) is 43.9 Å². The summed E-state index contributed by atoms with van der Waals surface area (Å²) in [5, 5.41) is 14.6. The van der Waals surface area contributed by atoms with E-state index in [1.165, 1.54) is 18.2 Å². The molecule has 1 aliphatic heterocycles. The fourth-order valence-corrected chi connectivity index (χ4v) is 3.63. The van der Waals surface area contributed by atoms with Crippen molar-refractivity contribution in [3.63, 3.8) is 0 Å². The number of rotatable bonds is 9. The summed E-state index contributed by atoms with van der Waals surface area (Å²) in [7, 11) is 0. The van der Waals surface area contributed by atoms with Gasteiger partial charge in [0.25, 0.3) is 0 Å². The third kappa shape index (κ3) is 8.07. The highest BCUT2D eigenvalue weighted by molar-refractivity contribution is 6.01. The van der Waals surface area contributed by atoms with E-state index in [4.69, 9.17) is 9.57 Å². The van der Waals surface area contributed by atoms with Gasteiger partial charge in [-0.1, -0.05) is 35.5 Å². The van der Waals surface area contributed by atoms with Crippen LogP contribution in [0.2, 0.25) is 0 Å². The average molecular weight is 483 g/mol. The van der Waals surface area contributed by atoms with Crippen molar-refractivity contribution in [2.45, 2.75) is 57.7 Å². The van der Waals surface area contributed by atoms with Gasteiger partial charge in [0.2, 0.25) is 0 Å². The summed E-state index contributed by atoms with van der Waals surface area (Å²) >= 11 is 0. The third-order valence-corrected chi connectivity index (χ3v) is 5.21. The highest BCUT2D eigenvalue weighted by atomic mass is 19.4. The van der Waals surface area contributed by atoms with Gasteiger partial charge >= 0.3 is 6.18 Å². The van der Waals surface area contributed by atoms with Crippen LogP contribution in [0.3, 0.4) is 0 Å². The zero-order valence-corrected chi connectivity index (χ0v) is 19.5. The molecular weight excluding hydrogens is 452 g/mol. The van der Waals surface area contributed by atoms with Gasteiger partial charge in [-0.2, -0.15) is 13.2 Å². The van der Waals surface area contributed by atoms with Gasteiger partial charge in [-0.3, -0.25) is 4.90 Å². The van der Waals surface area contributed by atoms with Crippen LogP contribution >= 0.6 is 0 Å². The van der Waals surface area contributed by atoms with Crippen molar-refractivity contribution in [1.29, 1.82) is 0 Å². The van der Waals surface area contributed by atoms with Crippen molar-refractivity contribution >= 4 is 5.71 Å². The third-order valence-electron chi connectivity index (χ3n) is 5.21. The van der Waals surface area contributed by atoms with Crippen LogP contribution in [0.25, 0.3) is 0 Å². The Kier molecular flexibility index (Phi) is 8.33. The molecule has 5 nitrogen and oxygen atoms in total. The summed E-state index contributed by atoms with van der Waals surface area (Å²) in [6, 6.07) is 11.1. The van der Waals surface area contributed by atoms with E-state index in [0.29, 0.717) is 24.2 Å². The topological polar surface area (TPSA) is 54.3 Å². The number of halogens is 4. The molecule has 0 amide bonds. The van der Waals surface area contributed by atoms with Gasteiger partial charge in [-0.15, -0.1) is 0 Å². The molecule has 1 N–H and O–H groups in total. The fraction of sp³-hybridized carbons (Fsp3) is 0.480. The number of aliphatic hydroxyl groups excluding tert-OH is 1. The summed E-state index contributed by atoms with van der Waals surface area (Å²) < 4.78 is 58.3. The molecule has 9 heteroatoms. The molecule has 2 aromatic carbocycles. The van der Waals surface area contributed by atoms with Crippen molar-refractivity contribution < 1.29 is 32.2 Å². The molecule has 3 rings (SSSR count). The Morgan fingerprint density at radius 2 is 1.85 bits per heavy atom. The summed E-state index contributed by atoms with van der Waals surface area (Å²) in [5.41, 5.74) is 0.726. The molecule has 2 unspecified atom stereocenters. The molecule has 0 aliphatic carbocycles. The molecular formula is C25H30F4N2O3. The van der Waals surface area contributed by atoms with Crippen molar-refractivity contribution in [2.75, 3.05) is 19.7 Å². The number of aliphatic hydroxyl groups is 1. The highest BCUT2D eigenvalue weighted by Crippen LogP contribution is 2.30.